The largest absolute Gasteiger partial charge is 0.439 e. The number of nitrogens with one attached hydrogen (secondary N) is 1. The zero-order valence-electron chi connectivity index (χ0n) is 12.0. The molecule has 0 aliphatic carbocycles. The lowest BCUT2D eigenvalue weighted by molar-refractivity contribution is 0.458. The minimum atomic E-state index is 0.380. The summed E-state index contributed by atoms with van der Waals surface area (Å²) in [5, 5.41) is 3.17. The van der Waals surface area contributed by atoms with Crippen LogP contribution in [0.3, 0.4) is 0 Å². The third kappa shape index (κ3) is 4.18. The molecule has 0 radical (unpaired) electrons. The number of aromatic nitrogens is 1. The molecular weight excluding hydrogens is 363 g/mol. The van der Waals surface area contributed by atoms with Crippen LogP contribution in [0.15, 0.2) is 36.4 Å². The molecule has 0 aliphatic heterocycles. The fourth-order valence-corrected chi connectivity index (χ4v) is 2.40. The van der Waals surface area contributed by atoms with Gasteiger partial charge in [-0.3, -0.25) is 0 Å². The number of halogens is 1. The first kappa shape index (κ1) is 15.3. The Morgan fingerprint density at radius 2 is 2.05 bits per heavy atom. The van der Waals surface area contributed by atoms with Gasteiger partial charge in [-0.15, -0.1) is 0 Å². The highest BCUT2D eigenvalue weighted by Crippen LogP contribution is 2.25. The van der Waals surface area contributed by atoms with E-state index in [1.54, 1.807) is 0 Å². The van der Waals surface area contributed by atoms with Gasteiger partial charge in [0.25, 0.3) is 0 Å². The van der Waals surface area contributed by atoms with E-state index in [0.29, 0.717) is 11.8 Å². The molecule has 0 bridgehead atoms. The molecule has 0 fully saturated rings. The molecule has 0 atom stereocenters. The highest BCUT2D eigenvalue weighted by molar-refractivity contribution is 14.1. The van der Waals surface area contributed by atoms with Crippen LogP contribution in [0.4, 0.5) is 0 Å². The maximum Gasteiger partial charge on any atom is 0.219 e. The minimum absolute atomic E-state index is 0.380. The summed E-state index contributed by atoms with van der Waals surface area (Å²) in [4.78, 5) is 4.59. The van der Waals surface area contributed by atoms with E-state index in [9.17, 15) is 0 Å². The Balaban J connectivity index is 2.30. The summed E-state index contributed by atoms with van der Waals surface area (Å²) in [6.45, 7) is 5.09. The van der Waals surface area contributed by atoms with Crippen molar-refractivity contribution in [2.45, 2.75) is 26.3 Å². The molecule has 2 aromatic rings. The van der Waals surface area contributed by atoms with E-state index < -0.39 is 0 Å². The number of benzene rings is 1. The molecule has 2 rings (SSSR count). The van der Waals surface area contributed by atoms with E-state index in [4.69, 9.17) is 4.74 Å². The van der Waals surface area contributed by atoms with Crippen molar-refractivity contribution in [2.24, 2.45) is 0 Å². The number of hydrogen-bond acceptors (Lipinski definition) is 3. The van der Waals surface area contributed by atoms with Crippen molar-refractivity contribution >= 4 is 22.6 Å². The highest BCUT2D eigenvalue weighted by Gasteiger charge is 2.08. The quantitative estimate of drug-likeness (QED) is 0.783. The maximum absolute atomic E-state index is 5.89. The van der Waals surface area contributed by atoms with Crippen molar-refractivity contribution in [2.75, 3.05) is 7.05 Å². The molecule has 1 heterocycles. The lowest BCUT2D eigenvalue weighted by Crippen LogP contribution is -2.07. The first-order valence-corrected chi connectivity index (χ1v) is 7.75. The van der Waals surface area contributed by atoms with Crippen molar-refractivity contribution in [3.8, 4) is 11.6 Å². The Labute approximate surface area is 133 Å². The molecule has 20 heavy (non-hydrogen) atoms. The minimum Gasteiger partial charge on any atom is -0.439 e. The monoisotopic (exact) mass is 382 g/mol. The third-order valence-electron chi connectivity index (χ3n) is 2.87. The second kappa shape index (κ2) is 7.04. The fraction of sp³-hybridized carbons (Fsp3) is 0.312. The van der Waals surface area contributed by atoms with Crippen LogP contribution in [-0.2, 0) is 6.54 Å². The first-order valence-electron chi connectivity index (χ1n) is 6.67. The predicted octanol–water partition coefficient (Wildman–Crippen LogP) is 4.32. The molecule has 0 amide bonds. The molecule has 1 N–H and O–H groups in total. The SMILES string of the molecule is CNCc1cc(Oc2cccc(I)c2)nc(C(C)C)c1. The molecule has 0 spiro atoms. The molecule has 4 heteroatoms. The molecule has 0 saturated heterocycles. The van der Waals surface area contributed by atoms with E-state index in [0.717, 1.165) is 21.6 Å². The van der Waals surface area contributed by atoms with Gasteiger partial charge < -0.3 is 10.1 Å². The number of hydrogen-bond donors (Lipinski definition) is 1. The van der Waals surface area contributed by atoms with E-state index >= 15 is 0 Å². The number of pyridine rings is 1. The van der Waals surface area contributed by atoms with Gasteiger partial charge in [-0.2, -0.15) is 0 Å². The zero-order chi connectivity index (χ0) is 14.5. The second-order valence-electron chi connectivity index (χ2n) is 4.98. The molecule has 0 saturated carbocycles. The Bertz CT molecular complexity index is 584. The Hall–Kier alpha value is -1.14. The van der Waals surface area contributed by atoms with Gasteiger partial charge in [0.2, 0.25) is 5.88 Å². The van der Waals surface area contributed by atoms with E-state index in [1.165, 1.54) is 5.56 Å². The lowest BCUT2D eigenvalue weighted by atomic mass is 10.1. The third-order valence-corrected chi connectivity index (χ3v) is 3.54. The summed E-state index contributed by atoms with van der Waals surface area (Å²) in [6.07, 6.45) is 0. The van der Waals surface area contributed by atoms with Crippen molar-refractivity contribution in [1.29, 1.82) is 0 Å². The summed E-state index contributed by atoms with van der Waals surface area (Å²) in [5.41, 5.74) is 2.24. The van der Waals surface area contributed by atoms with Gasteiger partial charge in [0.1, 0.15) is 5.75 Å². The van der Waals surface area contributed by atoms with Crippen molar-refractivity contribution in [3.05, 3.63) is 51.2 Å². The van der Waals surface area contributed by atoms with Crippen LogP contribution in [0.25, 0.3) is 0 Å². The molecule has 1 aromatic heterocycles. The number of ether oxygens (including phenoxy) is 1. The molecule has 0 unspecified atom stereocenters. The first-order chi connectivity index (χ1) is 9.58. The molecule has 3 nitrogen and oxygen atoms in total. The molecular formula is C16H19IN2O. The fourth-order valence-electron chi connectivity index (χ4n) is 1.89. The summed E-state index contributed by atoms with van der Waals surface area (Å²) < 4.78 is 7.04. The van der Waals surface area contributed by atoms with Gasteiger partial charge in [0.15, 0.2) is 0 Å². The Kier molecular flexibility index (Phi) is 5.37. The average Bonchev–Trinajstić information content (AvgIpc) is 2.38. The smallest absolute Gasteiger partial charge is 0.219 e. The van der Waals surface area contributed by atoms with E-state index in [-0.39, 0.29) is 0 Å². The Morgan fingerprint density at radius 3 is 2.70 bits per heavy atom. The lowest BCUT2D eigenvalue weighted by Gasteiger charge is -2.12. The number of rotatable bonds is 5. The topological polar surface area (TPSA) is 34.1 Å². The summed E-state index contributed by atoms with van der Waals surface area (Å²) in [5.74, 6) is 1.86. The molecule has 106 valence electrons. The summed E-state index contributed by atoms with van der Waals surface area (Å²) in [6, 6.07) is 12.1. The van der Waals surface area contributed by atoms with Crippen LogP contribution >= 0.6 is 22.6 Å². The summed E-state index contributed by atoms with van der Waals surface area (Å²) >= 11 is 2.28. The normalized spacial score (nSPS) is 10.8. The second-order valence-corrected chi connectivity index (χ2v) is 6.23. The van der Waals surface area contributed by atoms with Gasteiger partial charge >= 0.3 is 0 Å². The van der Waals surface area contributed by atoms with E-state index in [1.807, 2.05) is 37.4 Å². The van der Waals surface area contributed by atoms with Crippen LogP contribution in [0.1, 0.15) is 31.0 Å². The van der Waals surface area contributed by atoms with Crippen LogP contribution < -0.4 is 10.1 Å². The standard InChI is InChI=1S/C16H19IN2O/c1-11(2)15-7-12(10-18-3)8-16(19-15)20-14-6-4-5-13(17)9-14/h4-9,11,18H,10H2,1-3H3. The van der Waals surface area contributed by atoms with Crippen LogP contribution in [-0.4, -0.2) is 12.0 Å². The van der Waals surface area contributed by atoms with Crippen LogP contribution in [0, 0.1) is 3.57 Å². The Morgan fingerprint density at radius 1 is 1.25 bits per heavy atom. The van der Waals surface area contributed by atoms with Gasteiger partial charge in [0, 0.05) is 21.9 Å². The zero-order valence-corrected chi connectivity index (χ0v) is 14.1. The van der Waals surface area contributed by atoms with Gasteiger partial charge in [-0.05, 0) is 65.4 Å². The predicted molar refractivity (Wildman–Crippen MR) is 90.3 cm³/mol. The van der Waals surface area contributed by atoms with Crippen molar-refractivity contribution < 1.29 is 4.74 Å². The van der Waals surface area contributed by atoms with Crippen molar-refractivity contribution in [3.63, 3.8) is 0 Å². The molecule has 1 aromatic carbocycles. The van der Waals surface area contributed by atoms with Crippen LogP contribution in [0.5, 0.6) is 11.6 Å². The van der Waals surface area contributed by atoms with Gasteiger partial charge in [0.05, 0.1) is 0 Å². The van der Waals surface area contributed by atoms with Gasteiger partial charge in [-0.1, -0.05) is 19.9 Å². The highest BCUT2D eigenvalue weighted by atomic mass is 127. The van der Waals surface area contributed by atoms with Crippen molar-refractivity contribution in [1.82, 2.24) is 10.3 Å². The van der Waals surface area contributed by atoms with Crippen LogP contribution in [0.2, 0.25) is 0 Å². The van der Waals surface area contributed by atoms with E-state index in [2.05, 4.69) is 52.8 Å². The number of nitrogens with zero attached hydrogens (tertiary/aromatic N) is 1. The summed E-state index contributed by atoms with van der Waals surface area (Å²) in [7, 11) is 1.94. The maximum atomic E-state index is 5.89. The van der Waals surface area contributed by atoms with Gasteiger partial charge in [-0.25, -0.2) is 4.98 Å². The molecule has 0 aliphatic rings. The average molecular weight is 382 g/mol.